The van der Waals surface area contributed by atoms with Crippen LogP contribution >= 0.6 is 0 Å². The molecule has 0 unspecified atom stereocenters. The lowest BCUT2D eigenvalue weighted by atomic mass is 10.1. The Kier molecular flexibility index (Phi) is 6.09. The molecule has 0 spiro atoms. The summed E-state index contributed by atoms with van der Waals surface area (Å²) in [5.41, 5.74) is 1.81. The van der Waals surface area contributed by atoms with E-state index < -0.39 is 17.8 Å². The van der Waals surface area contributed by atoms with Crippen molar-refractivity contribution in [2.75, 3.05) is 28.6 Å². The Bertz CT molecular complexity index is 1390. The van der Waals surface area contributed by atoms with Crippen LogP contribution in [0.1, 0.15) is 12.5 Å². The number of anilines is 3. The van der Waals surface area contributed by atoms with Crippen molar-refractivity contribution in [3.05, 3.63) is 78.8 Å². The summed E-state index contributed by atoms with van der Waals surface area (Å²) in [5, 5.41) is 6.18. The number of aromatic nitrogens is 2. The molecular formula is C26H22F3N5O2. The summed E-state index contributed by atoms with van der Waals surface area (Å²) in [4.78, 5) is 23.5. The smallest absolute Gasteiger partial charge is 0.416 e. The minimum Gasteiger partial charge on any atom is -0.444 e. The van der Waals surface area contributed by atoms with Gasteiger partial charge in [0.15, 0.2) is 18.0 Å². The van der Waals surface area contributed by atoms with Gasteiger partial charge in [-0.15, -0.1) is 0 Å². The molecule has 0 saturated heterocycles. The van der Waals surface area contributed by atoms with Gasteiger partial charge in [0.05, 0.1) is 23.1 Å². The molecule has 4 aromatic rings. The van der Waals surface area contributed by atoms with Crippen LogP contribution in [0.15, 0.2) is 77.7 Å². The highest BCUT2D eigenvalue weighted by molar-refractivity contribution is 6.03. The molecule has 184 valence electrons. The van der Waals surface area contributed by atoms with Crippen LogP contribution in [0.5, 0.6) is 0 Å². The molecule has 0 fully saturated rings. The zero-order valence-corrected chi connectivity index (χ0v) is 19.2. The van der Waals surface area contributed by atoms with Crippen LogP contribution in [0.2, 0.25) is 0 Å². The topological polar surface area (TPSA) is 83.3 Å². The number of urea groups is 1. The number of nitrogens with one attached hydrogen (secondary N) is 2. The second-order valence-electron chi connectivity index (χ2n) is 8.62. The third kappa shape index (κ3) is 4.88. The predicted octanol–water partition coefficient (Wildman–Crippen LogP) is 6.52. The molecular weight excluding hydrogens is 471 g/mol. The highest BCUT2D eigenvalue weighted by atomic mass is 19.4. The lowest BCUT2D eigenvalue weighted by molar-refractivity contribution is -0.137. The molecule has 1 aliphatic rings. The summed E-state index contributed by atoms with van der Waals surface area (Å²) in [6, 6.07) is 15.1. The van der Waals surface area contributed by atoms with Crippen molar-refractivity contribution in [3.8, 4) is 22.6 Å². The molecule has 1 aliphatic heterocycles. The highest BCUT2D eigenvalue weighted by Gasteiger charge is 2.31. The number of nitrogens with zero attached hydrogens (tertiary/aromatic N) is 3. The van der Waals surface area contributed by atoms with Gasteiger partial charge in [-0.3, -0.25) is 4.90 Å². The van der Waals surface area contributed by atoms with E-state index in [9.17, 15) is 18.0 Å². The van der Waals surface area contributed by atoms with Crippen LogP contribution in [-0.4, -0.2) is 29.1 Å². The van der Waals surface area contributed by atoms with Gasteiger partial charge in [0.1, 0.15) is 0 Å². The first-order valence-corrected chi connectivity index (χ1v) is 11.3. The molecule has 36 heavy (non-hydrogen) atoms. The number of oxazole rings is 1. The Morgan fingerprint density at radius 2 is 1.92 bits per heavy atom. The normalized spacial score (nSPS) is 15.6. The molecule has 0 radical (unpaired) electrons. The molecule has 0 bridgehead atoms. The van der Waals surface area contributed by atoms with Crippen LogP contribution < -0.4 is 15.5 Å². The highest BCUT2D eigenvalue weighted by Crippen LogP contribution is 2.35. The van der Waals surface area contributed by atoms with Gasteiger partial charge in [0.2, 0.25) is 0 Å². The number of hydrogen-bond acceptors (Lipinski definition) is 5. The number of pyridine rings is 1. The number of rotatable bonds is 3. The summed E-state index contributed by atoms with van der Waals surface area (Å²) >= 11 is 0. The maximum Gasteiger partial charge on any atom is 0.416 e. The third-order valence-electron chi connectivity index (χ3n) is 5.83. The molecule has 0 saturated carbocycles. The Morgan fingerprint density at radius 1 is 1.11 bits per heavy atom. The van der Waals surface area contributed by atoms with Crippen molar-refractivity contribution in [2.45, 2.75) is 13.1 Å². The number of alkyl halides is 3. The molecule has 2 aromatic carbocycles. The predicted molar refractivity (Wildman–Crippen MR) is 131 cm³/mol. The van der Waals surface area contributed by atoms with E-state index in [1.54, 1.807) is 42.6 Å². The number of benzene rings is 2. The summed E-state index contributed by atoms with van der Waals surface area (Å²) in [5.74, 6) is 1.01. The number of fused-ring (bicyclic) bond motifs is 1. The van der Waals surface area contributed by atoms with Gasteiger partial charge in [-0.1, -0.05) is 31.2 Å². The van der Waals surface area contributed by atoms with E-state index in [1.807, 2.05) is 13.0 Å². The maximum absolute atomic E-state index is 13.4. The zero-order valence-electron chi connectivity index (χ0n) is 19.2. The quantitative estimate of drug-likeness (QED) is 0.339. The van der Waals surface area contributed by atoms with Crippen LogP contribution in [-0.2, 0) is 6.18 Å². The number of carbonyl (C=O) groups is 1. The number of carbonyl (C=O) groups excluding carboxylic acids is 1. The molecule has 3 heterocycles. The number of halogens is 3. The van der Waals surface area contributed by atoms with Crippen molar-refractivity contribution in [3.63, 3.8) is 0 Å². The summed E-state index contributed by atoms with van der Waals surface area (Å²) in [6.45, 7) is 2.98. The molecule has 1 atom stereocenters. The van der Waals surface area contributed by atoms with Gasteiger partial charge in [0.25, 0.3) is 0 Å². The fourth-order valence-electron chi connectivity index (χ4n) is 4.03. The Balaban J connectivity index is 1.47. The van der Waals surface area contributed by atoms with Crippen molar-refractivity contribution in [1.29, 1.82) is 0 Å². The van der Waals surface area contributed by atoms with E-state index in [-0.39, 0.29) is 5.92 Å². The van der Waals surface area contributed by atoms with Crippen LogP contribution in [0.4, 0.5) is 35.2 Å². The zero-order chi connectivity index (χ0) is 25.3. The van der Waals surface area contributed by atoms with Gasteiger partial charge in [-0.2, -0.15) is 13.2 Å². The van der Waals surface area contributed by atoms with E-state index in [0.29, 0.717) is 47.3 Å². The van der Waals surface area contributed by atoms with Crippen LogP contribution in [0.3, 0.4) is 0 Å². The lowest BCUT2D eigenvalue weighted by Gasteiger charge is -2.24. The molecule has 2 amide bonds. The first-order valence-electron chi connectivity index (χ1n) is 11.3. The first-order chi connectivity index (χ1) is 17.3. The number of amides is 2. The van der Waals surface area contributed by atoms with E-state index in [1.165, 1.54) is 17.4 Å². The summed E-state index contributed by atoms with van der Waals surface area (Å²) in [6.07, 6.45) is -1.56. The fourth-order valence-corrected chi connectivity index (χ4v) is 4.03. The summed E-state index contributed by atoms with van der Waals surface area (Å²) in [7, 11) is 0. The molecule has 5 rings (SSSR count). The average Bonchev–Trinajstić information content (AvgIpc) is 3.35. The van der Waals surface area contributed by atoms with Gasteiger partial charge in [0, 0.05) is 29.9 Å². The molecule has 7 nitrogen and oxygen atoms in total. The SMILES string of the molecule is C[C@@H]1CNc2ccc(-c3cccc(C(F)(F)F)c3)nc2N(C(=O)Nc2cccc(-c3cnco3)c2)C1. The third-order valence-corrected chi connectivity index (χ3v) is 5.83. The average molecular weight is 493 g/mol. The Hall–Kier alpha value is -4.34. The molecule has 2 aromatic heterocycles. The molecule has 2 N–H and O–H groups in total. The number of hydrogen-bond donors (Lipinski definition) is 2. The second-order valence-corrected chi connectivity index (χ2v) is 8.62. The van der Waals surface area contributed by atoms with Crippen molar-refractivity contribution in [1.82, 2.24) is 9.97 Å². The Labute approximate surface area is 205 Å². The monoisotopic (exact) mass is 493 g/mol. The van der Waals surface area contributed by atoms with Gasteiger partial charge < -0.3 is 15.1 Å². The van der Waals surface area contributed by atoms with Gasteiger partial charge in [-0.25, -0.2) is 14.8 Å². The lowest BCUT2D eigenvalue weighted by Crippen LogP contribution is -2.38. The minimum absolute atomic E-state index is 0.0995. The first kappa shape index (κ1) is 23.4. The van der Waals surface area contributed by atoms with E-state index in [4.69, 9.17) is 4.42 Å². The van der Waals surface area contributed by atoms with Crippen LogP contribution in [0.25, 0.3) is 22.6 Å². The van der Waals surface area contributed by atoms with Gasteiger partial charge in [-0.05, 0) is 42.3 Å². The van der Waals surface area contributed by atoms with Crippen molar-refractivity contribution >= 4 is 23.2 Å². The molecule has 0 aliphatic carbocycles. The second kappa shape index (κ2) is 9.37. The van der Waals surface area contributed by atoms with E-state index in [0.717, 1.165) is 17.7 Å². The van der Waals surface area contributed by atoms with Crippen LogP contribution in [0, 0.1) is 5.92 Å². The maximum atomic E-state index is 13.4. The van der Waals surface area contributed by atoms with Crippen molar-refractivity contribution < 1.29 is 22.4 Å². The molecule has 10 heteroatoms. The van der Waals surface area contributed by atoms with Gasteiger partial charge >= 0.3 is 12.2 Å². The van der Waals surface area contributed by atoms with Crippen molar-refractivity contribution in [2.24, 2.45) is 5.92 Å². The Morgan fingerprint density at radius 3 is 2.69 bits per heavy atom. The van der Waals surface area contributed by atoms with E-state index in [2.05, 4.69) is 20.6 Å². The fraction of sp³-hybridized carbons (Fsp3) is 0.192. The minimum atomic E-state index is -4.47. The standard InChI is InChI=1S/C26H22F3N5O2/c1-16-12-31-22-9-8-21(17-4-2-6-19(10-17)26(27,28)29)33-24(22)34(14-16)25(35)32-20-7-3-5-18(11-20)23-13-30-15-36-23/h2-11,13,15-16,31H,12,14H2,1H3,(H,32,35)/t16-/m1/s1. The largest absolute Gasteiger partial charge is 0.444 e. The van der Waals surface area contributed by atoms with E-state index >= 15 is 0 Å². The summed E-state index contributed by atoms with van der Waals surface area (Å²) < 4.78 is 45.1.